The van der Waals surface area contributed by atoms with E-state index in [1.165, 1.54) is 0 Å². The summed E-state index contributed by atoms with van der Waals surface area (Å²) in [5.74, 6) is 0.506. The van der Waals surface area contributed by atoms with Crippen molar-refractivity contribution in [2.45, 2.75) is 19.3 Å². The van der Waals surface area contributed by atoms with Crippen LogP contribution in [0.15, 0.2) is 18.2 Å². The number of rotatable bonds is 7. The summed E-state index contributed by atoms with van der Waals surface area (Å²) in [5, 5.41) is 8.70. The van der Waals surface area contributed by atoms with Crippen LogP contribution in [0.2, 0.25) is 0 Å². The van der Waals surface area contributed by atoms with Gasteiger partial charge in [-0.05, 0) is 37.5 Å². The molecule has 0 heterocycles. The Morgan fingerprint density at radius 1 is 1.37 bits per heavy atom. The van der Waals surface area contributed by atoms with Gasteiger partial charge in [0, 0.05) is 25.9 Å². The number of aliphatic hydroxyl groups is 1. The highest BCUT2D eigenvalue weighted by Crippen LogP contribution is 2.20. The fraction of sp³-hybridized carbons (Fsp3) is 0.500. The summed E-state index contributed by atoms with van der Waals surface area (Å²) in [4.78, 5) is 13.9. The van der Waals surface area contributed by atoms with Gasteiger partial charge in [-0.1, -0.05) is 0 Å². The van der Waals surface area contributed by atoms with Crippen LogP contribution in [0.25, 0.3) is 0 Å². The van der Waals surface area contributed by atoms with E-state index >= 15 is 0 Å². The monoisotopic (exact) mass is 266 g/mol. The number of nitrogens with two attached hydrogens (primary N) is 1. The minimum absolute atomic E-state index is 0.111. The van der Waals surface area contributed by atoms with E-state index in [2.05, 4.69) is 0 Å². The Morgan fingerprint density at radius 2 is 2.11 bits per heavy atom. The number of nitrogen functional groups attached to an aromatic ring is 1. The standard InChI is InChI=1S/C14H22N2O3/c1-16(8-4-3-5-9-17)14(18)12-10-11(19-2)6-7-13(12)15/h6-7,10,17H,3-5,8-9,15H2,1-2H3. The summed E-state index contributed by atoms with van der Waals surface area (Å²) in [5.41, 5.74) is 6.74. The van der Waals surface area contributed by atoms with Gasteiger partial charge in [0.25, 0.3) is 5.91 Å². The first-order valence-electron chi connectivity index (χ1n) is 6.40. The van der Waals surface area contributed by atoms with E-state index < -0.39 is 0 Å². The van der Waals surface area contributed by atoms with E-state index in [0.29, 0.717) is 23.5 Å². The fourth-order valence-corrected chi connectivity index (χ4v) is 1.79. The lowest BCUT2D eigenvalue weighted by molar-refractivity contribution is 0.0793. The van der Waals surface area contributed by atoms with Gasteiger partial charge in [-0.3, -0.25) is 4.79 Å². The first kappa shape index (κ1) is 15.3. The Labute approximate surface area is 114 Å². The number of hydrogen-bond donors (Lipinski definition) is 2. The summed E-state index contributed by atoms with van der Waals surface area (Å²) in [7, 11) is 3.30. The van der Waals surface area contributed by atoms with Gasteiger partial charge in [0.15, 0.2) is 0 Å². The van der Waals surface area contributed by atoms with Crippen molar-refractivity contribution >= 4 is 11.6 Å². The molecule has 0 radical (unpaired) electrons. The van der Waals surface area contributed by atoms with Gasteiger partial charge in [0.05, 0.1) is 12.7 Å². The summed E-state index contributed by atoms with van der Waals surface area (Å²) in [6, 6.07) is 5.06. The largest absolute Gasteiger partial charge is 0.497 e. The van der Waals surface area contributed by atoms with Crippen molar-refractivity contribution in [3.63, 3.8) is 0 Å². The molecule has 106 valence electrons. The molecule has 5 nitrogen and oxygen atoms in total. The molecule has 1 aromatic carbocycles. The molecule has 1 amide bonds. The maximum atomic E-state index is 12.2. The molecule has 5 heteroatoms. The third kappa shape index (κ3) is 4.44. The summed E-state index contributed by atoms with van der Waals surface area (Å²) >= 11 is 0. The number of carbonyl (C=O) groups excluding carboxylic acids is 1. The summed E-state index contributed by atoms with van der Waals surface area (Å²) in [6.07, 6.45) is 2.54. The molecular weight excluding hydrogens is 244 g/mol. The lowest BCUT2D eigenvalue weighted by Crippen LogP contribution is -2.28. The van der Waals surface area contributed by atoms with E-state index in [1.807, 2.05) is 0 Å². The van der Waals surface area contributed by atoms with Gasteiger partial charge in [-0.25, -0.2) is 0 Å². The molecule has 0 aromatic heterocycles. The molecule has 19 heavy (non-hydrogen) atoms. The van der Waals surface area contributed by atoms with Gasteiger partial charge in [0.2, 0.25) is 0 Å². The number of ether oxygens (including phenoxy) is 1. The van der Waals surface area contributed by atoms with Crippen molar-refractivity contribution in [3.05, 3.63) is 23.8 Å². The molecule has 0 saturated carbocycles. The molecule has 1 rings (SSSR count). The van der Waals surface area contributed by atoms with Crippen LogP contribution in [0.3, 0.4) is 0 Å². The average molecular weight is 266 g/mol. The average Bonchev–Trinajstić information content (AvgIpc) is 2.43. The van der Waals surface area contributed by atoms with Gasteiger partial charge in [-0.15, -0.1) is 0 Å². The topological polar surface area (TPSA) is 75.8 Å². The molecule has 0 aliphatic carbocycles. The highest BCUT2D eigenvalue weighted by atomic mass is 16.5. The Bertz CT molecular complexity index is 421. The van der Waals surface area contributed by atoms with Crippen LogP contribution in [0.1, 0.15) is 29.6 Å². The number of nitrogens with zero attached hydrogens (tertiary/aromatic N) is 1. The minimum atomic E-state index is -0.111. The molecule has 1 aromatic rings. The number of amides is 1. The van der Waals surface area contributed by atoms with Crippen molar-refractivity contribution in [3.8, 4) is 5.75 Å². The van der Waals surface area contributed by atoms with Crippen molar-refractivity contribution in [2.24, 2.45) is 0 Å². The van der Waals surface area contributed by atoms with Crippen LogP contribution in [0.4, 0.5) is 5.69 Å². The number of benzene rings is 1. The van der Waals surface area contributed by atoms with Crippen molar-refractivity contribution < 1.29 is 14.6 Å². The maximum absolute atomic E-state index is 12.2. The normalized spacial score (nSPS) is 10.3. The van der Waals surface area contributed by atoms with E-state index in [0.717, 1.165) is 19.3 Å². The van der Waals surface area contributed by atoms with Gasteiger partial charge in [-0.2, -0.15) is 0 Å². The molecule has 0 unspecified atom stereocenters. The molecule has 0 aliphatic heterocycles. The molecule has 0 saturated heterocycles. The van der Waals surface area contributed by atoms with E-state index in [9.17, 15) is 4.79 Å². The molecule has 3 N–H and O–H groups in total. The summed E-state index contributed by atoms with van der Waals surface area (Å²) in [6.45, 7) is 0.843. The number of unbranched alkanes of at least 4 members (excludes halogenated alkanes) is 2. The number of hydrogen-bond acceptors (Lipinski definition) is 4. The molecule has 0 bridgehead atoms. The molecule has 0 atom stereocenters. The zero-order valence-electron chi connectivity index (χ0n) is 11.6. The van der Waals surface area contributed by atoms with Gasteiger partial charge >= 0.3 is 0 Å². The Hall–Kier alpha value is -1.75. The summed E-state index contributed by atoms with van der Waals surface area (Å²) < 4.78 is 5.10. The predicted octanol–water partition coefficient (Wildman–Crippen LogP) is 1.51. The predicted molar refractivity (Wildman–Crippen MR) is 75.3 cm³/mol. The Balaban J connectivity index is 2.65. The molecular formula is C14H22N2O3. The van der Waals surface area contributed by atoms with Crippen LogP contribution in [0, 0.1) is 0 Å². The number of aliphatic hydroxyl groups excluding tert-OH is 1. The number of carbonyl (C=O) groups is 1. The van der Waals surface area contributed by atoms with Gasteiger partial charge in [0.1, 0.15) is 5.75 Å². The number of methoxy groups -OCH3 is 1. The molecule has 0 fully saturated rings. The smallest absolute Gasteiger partial charge is 0.255 e. The zero-order chi connectivity index (χ0) is 14.3. The maximum Gasteiger partial charge on any atom is 0.255 e. The molecule has 0 spiro atoms. The van der Waals surface area contributed by atoms with Crippen molar-refractivity contribution in [2.75, 3.05) is 33.0 Å². The quantitative estimate of drug-likeness (QED) is 0.579. The second kappa shape index (κ2) is 7.63. The lowest BCUT2D eigenvalue weighted by atomic mass is 10.1. The van der Waals surface area contributed by atoms with Crippen LogP contribution >= 0.6 is 0 Å². The van der Waals surface area contributed by atoms with Crippen LogP contribution < -0.4 is 10.5 Å². The van der Waals surface area contributed by atoms with Crippen LogP contribution in [-0.2, 0) is 0 Å². The lowest BCUT2D eigenvalue weighted by Gasteiger charge is -2.18. The first-order valence-corrected chi connectivity index (χ1v) is 6.40. The van der Waals surface area contributed by atoms with E-state index in [4.69, 9.17) is 15.6 Å². The number of anilines is 1. The second-order valence-corrected chi connectivity index (χ2v) is 4.46. The van der Waals surface area contributed by atoms with Gasteiger partial charge < -0.3 is 20.5 Å². The zero-order valence-corrected chi connectivity index (χ0v) is 11.6. The van der Waals surface area contributed by atoms with Crippen molar-refractivity contribution in [1.82, 2.24) is 4.90 Å². The fourth-order valence-electron chi connectivity index (χ4n) is 1.79. The Morgan fingerprint density at radius 3 is 2.74 bits per heavy atom. The minimum Gasteiger partial charge on any atom is -0.497 e. The third-order valence-electron chi connectivity index (χ3n) is 2.99. The second-order valence-electron chi connectivity index (χ2n) is 4.46. The van der Waals surface area contributed by atoms with E-state index in [-0.39, 0.29) is 12.5 Å². The highest BCUT2D eigenvalue weighted by molar-refractivity contribution is 5.99. The SMILES string of the molecule is COc1ccc(N)c(C(=O)N(C)CCCCCO)c1. The first-order chi connectivity index (χ1) is 9.10. The Kier molecular flexibility index (Phi) is 6.15. The van der Waals surface area contributed by atoms with E-state index in [1.54, 1.807) is 37.3 Å². The highest BCUT2D eigenvalue weighted by Gasteiger charge is 2.15. The van der Waals surface area contributed by atoms with Crippen LogP contribution in [0.5, 0.6) is 5.75 Å². The molecule has 0 aliphatic rings. The van der Waals surface area contributed by atoms with Crippen molar-refractivity contribution in [1.29, 1.82) is 0 Å². The third-order valence-corrected chi connectivity index (χ3v) is 2.99. The van der Waals surface area contributed by atoms with Crippen LogP contribution in [-0.4, -0.2) is 43.2 Å².